The third-order valence-electron chi connectivity index (χ3n) is 3.75. The number of hydrogen-bond acceptors (Lipinski definition) is 5. The fraction of sp³-hybridized carbons (Fsp3) is 0.222. The molecule has 2 rings (SSSR count). The molecule has 0 aliphatic carbocycles. The van der Waals surface area contributed by atoms with E-state index in [0.29, 0.717) is 18.7 Å². The van der Waals surface area contributed by atoms with Gasteiger partial charge in [-0.2, -0.15) is 9.41 Å². The largest absolute Gasteiger partial charge is 0.507 e. The first-order chi connectivity index (χ1) is 12.4. The van der Waals surface area contributed by atoms with Crippen LogP contribution in [0.5, 0.6) is 5.75 Å². The summed E-state index contributed by atoms with van der Waals surface area (Å²) in [6, 6.07) is 12.3. The summed E-state index contributed by atoms with van der Waals surface area (Å²) in [6.45, 7) is 4.21. The average Bonchev–Trinajstić information content (AvgIpc) is 2.64. The van der Waals surface area contributed by atoms with Gasteiger partial charge in [-0.3, -0.25) is 4.79 Å². The maximum Gasteiger partial charge on any atom is 0.271 e. The van der Waals surface area contributed by atoms with Crippen molar-refractivity contribution in [1.29, 1.82) is 0 Å². The Balaban J connectivity index is 2.17. The Morgan fingerprint density at radius 2 is 1.85 bits per heavy atom. The predicted octanol–water partition coefficient (Wildman–Crippen LogP) is 2.19. The number of phenolic OH excluding ortho intramolecular Hbond substituents is 1. The number of nitrogens with zero attached hydrogens (tertiary/aromatic N) is 2. The van der Waals surface area contributed by atoms with Gasteiger partial charge in [0, 0.05) is 24.2 Å². The van der Waals surface area contributed by atoms with Gasteiger partial charge in [-0.25, -0.2) is 13.8 Å². The summed E-state index contributed by atoms with van der Waals surface area (Å²) in [6.07, 6.45) is 1.31. The smallest absolute Gasteiger partial charge is 0.271 e. The van der Waals surface area contributed by atoms with Gasteiger partial charge in [0.1, 0.15) is 5.75 Å². The van der Waals surface area contributed by atoms with Crippen molar-refractivity contribution < 1.29 is 18.3 Å². The van der Waals surface area contributed by atoms with Gasteiger partial charge >= 0.3 is 0 Å². The average molecular weight is 375 g/mol. The van der Waals surface area contributed by atoms with E-state index in [1.54, 1.807) is 32.0 Å². The van der Waals surface area contributed by atoms with Crippen LogP contribution in [-0.4, -0.2) is 43.0 Å². The molecule has 0 radical (unpaired) electrons. The molecule has 0 saturated carbocycles. The topological polar surface area (TPSA) is 99.1 Å². The lowest BCUT2D eigenvalue weighted by molar-refractivity contribution is 0.0955. The quantitative estimate of drug-likeness (QED) is 0.572. The molecule has 0 unspecified atom stereocenters. The van der Waals surface area contributed by atoms with Crippen molar-refractivity contribution in [3.63, 3.8) is 0 Å². The minimum atomic E-state index is -3.64. The molecular formula is C18H21N3O4S. The number of carbonyl (C=O) groups is 1. The van der Waals surface area contributed by atoms with E-state index in [4.69, 9.17) is 0 Å². The third kappa shape index (κ3) is 4.47. The Morgan fingerprint density at radius 1 is 1.15 bits per heavy atom. The van der Waals surface area contributed by atoms with Gasteiger partial charge < -0.3 is 5.11 Å². The van der Waals surface area contributed by atoms with Crippen molar-refractivity contribution in [2.24, 2.45) is 5.10 Å². The highest BCUT2D eigenvalue weighted by atomic mass is 32.2. The molecule has 0 atom stereocenters. The van der Waals surface area contributed by atoms with Crippen molar-refractivity contribution in [2.45, 2.75) is 18.7 Å². The highest BCUT2D eigenvalue weighted by molar-refractivity contribution is 7.89. The summed E-state index contributed by atoms with van der Waals surface area (Å²) in [5.74, 6) is -0.508. The van der Waals surface area contributed by atoms with Crippen LogP contribution in [0.4, 0.5) is 0 Å². The second kappa shape index (κ2) is 8.59. The molecule has 0 saturated heterocycles. The van der Waals surface area contributed by atoms with Crippen LogP contribution >= 0.6 is 0 Å². The van der Waals surface area contributed by atoms with Crippen molar-refractivity contribution in [3.8, 4) is 5.75 Å². The monoisotopic (exact) mass is 375 g/mol. The number of rotatable bonds is 7. The number of nitrogens with one attached hydrogen (secondary N) is 1. The summed E-state index contributed by atoms with van der Waals surface area (Å²) in [4.78, 5) is 12.3. The number of phenols is 1. The minimum absolute atomic E-state index is 0.0396. The number of amides is 1. The molecule has 7 nitrogen and oxygen atoms in total. The molecule has 8 heteroatoms. The number of aromatic hydroxyl groups is 1. The van der Waals surface area contributed by atoms with Crippen LogP contribution in [-0.2, 0) is 10.0 Å². The standard InChI is InChI=1S/C18H21N3O4S/c1-3-21(4-2)26(24,25)16-10-7-9-14(12-16)18(23)20-19-13-15-8-5-6-11-17(15)22/h5-13,22H,3-4H2,1-2H3,(H,20,23)/b19-13+. The maximum absolute atomic E-state index is 12.5. The van der Waals surface area contributed by atoms with Gasteiger partial charge in [0.25, 0.3) is 5.91 Å². The van der Waals surface area contributed by atoms with E-state index < -0.39 is 15.9 Å². The number of benzene rings is 2. The molecule has 0 bridgehead atoms. The number of carbonyl (C=O) groups excluding carboxylic acids is 1. The van der Waals surface area contributed by atoms with E-state index in [1.807, 2.05) is 0 Å². The van der Waals surface area contributed by atoms with Crippen LogP contribution in [0.1, 0.15) is 29.8 Å². The summed E-state index contributed by atoms with van der Waals surface area (Å²) < 4.78 is 26.4. The molecule has 0 aromatic heterocycles. The molecule has 1 amide bonds. The molecule has 2 aromatic carbocycles. The van der Waals surface area contributed by atoms with Gasteiger partial charge in [-0.05, 0) is 30.3 Å². The van der Waals surface area contributed by atoms with E-state index >= 15 is 0 Å². The normalized spacial score (nSPS) is 11.8. The molecule has 0 aliphatic rings. The summed E-state index contributed by atoms with van der Waals surface area (Å²) in [5.41, 5.74) is 2.94. The summed E-state index contributed by atoms with van der Waals surface area (Å²) in [7, 11) is -3.64. The first-order valence-electron chi connectivity index (χ1n) is 8.11. The van der Waals surface area contributed by atoms with Crippen LogP contribution in [0, 0.1) is 0 Å². The van der Waals surface area contributed by atoms with Crippen LogP contribution in [0.25, 0.3) is 0 Å². The van der Waals surface area contributed by atoms with Crippen LogP contribution < -0.4 is 5.43 Å². The lowest BCUT2D eigenvalue weighted by Gasteiger charge is -2.18. The van der Waals surface area contributed by atoms with Gasteiger partial charge in [-0.15, -0.1) is 0 Å². The fourth-order valence-corrected chi connectivity index (χ4v) is 3.84. The van der Waals surface area contributed by atoms with Gasteiger partial charge in [0.15, 0.2) is 0 Å². The molecule has 2 aromatic rings. The van der Waals surface area contributed by atoms with Crippen LogP contribution in [0.2, 0.25) is 0 Å². The Morgan fingerprint density at radius 3 is 2.50 bits per heavy atom. The number of hydrogen-bond donors (Lipinski definition) is 2. The zero-order valence-electron chi connectivity index (χ0n) is 14.6. The van der Waals surface area contributed by atoms with Crippen LogP contribution in [0.15, 0.2) is 58.5 Å². The van der Waals surface area contributed by atoms with Gasteiger partial charge in [0.05, 0.1) is 11.1 Å². The fourth-order valence-electron chi connectivity index (χ4n) is 2.33. The Hall–Kier alpha value is -2.71. The van der Waals surface area contributed by atoms with E-state index in [2.05, 4.69) is 10.5 Å². The number of para-hydroxylation sites is 1. The molecule has 0 spiro atoms. The summed E-state index contributed by atoms with van der Waals surface area (Å²) in [5, 5.41) is 13.4. The second-order valence-electron chi connectivity index (χ2n) is 5.38. The first-order valence-corrected chi connectivity index (χ1v) is 9.55. The first kappa shape index (κ1) is 19.6. The second-order valence-corrected chi connectivity index (χ2v) is 7.31. The van der Waals surface area contributed by atoms with Crippen molar-refractivity contribution >= 4 is 22.1 Å². The lowest BCUT2D eigenvalue weighted by Crippen LogP contribution is -2.30. The SMILES string of the molecule is CCN(CC)S(=O)(=O)c1cccc(C(=O)N/N=C/c2ccccc2O)c1. The Kier molecular flexibility index (Phi) is 6.48. The molecule has 0 fully saturated rings. The summed E-state index contributed by atoms with van der Waals surface area (Å²) >= 11 is 0. The van der Waals surface area contributed by atoms with E-state index in [0.717, 1.165) is 0 Å². The van der Waals surface area contributed by atoms with Crippen molar-refractivity contribution in [1.82, 2.24) is 9.73 Å². The van der Waals surface area contributed by atoms with Crippen molar-refractivity contribution in [2.75, 3.05) is 13.1 Å². The number of hydrazone groups is 1. The molecular weight excluding hydrogens is 354 g/mol. The Labute approximate surface area is 153 Å². The highest BCUT2D eigenvalue weighted by Gasteiger charge is 2.22. The van der Waals surface area contributed by atoms with E-state index in [1.165, 1.54) is 40.9 Å². The third-order valence-corrected chi connectivity index (χ3v) is 5.79. The van der Waals surface area contributed by atoms with Crippen molar-refractivity contribution in [3.05, 3.63) is 59.7 Å². The minimum Gasteiger partial charge on any atom is -0.507 e. The molecule has 26 heavy (non-hydrogen) atoms. The lowest BCUT2D eigenvalue weighted by atomic mass is 10.2. The zero-order chi connectivity index (χ0) is 19.2. The van der Waals surface area contributed by atoms with Gasteiger partial charge in [-0.1, -0.05) is 32.0 Å². The molecule has 0 heterocycles. The maximum atomic E-state index is 12.5. The van der Waals surface area contributed by atoms with E-state index in [9.17, 15) is 18.3 Å². The van der Waals surface area contributed by atoms with Gasteiger partial charge in [0.2, 0.25) is 10.0 Å². The highest BCUT2D eigenvalue weighted by Crippen LogP contribution is 2.17. The van der Waals surface area contributed by atoms with Crippen LogP contribution in [0.3, 0.4) is 0 Å². The molecule has 0 aliphatic heterocycles. The zero-order valence-corrected chi connectivity index (χ0v) is 15.4. The Bertz CT molecular complexity index is 906. The number of sulfonamides is 1. The van der Waals surface area contributed by atoms with E-state index in [-0.39, 0.29) is 16.2 Å². The predicted molar refractivity (Wildman–Crippen MR) is 99.7 cm³/mol. The molecule has 138 valence electrons. The molecule has 2 N–H and O–H groups in total.